The zero-order valence-electron chi connectivity index (χ0n) is 10.1. The summed E-state index contributed by atoms with van der Waals surface area (Å²) in [5.74, 6) is -0.612. The first-order valence-corrected chi connectivity index (χ1v) is 6.11. The van der Waals surface area contributed by atoms with Crippen LogP contribution in [0.2, 0.25) is 0 Å². The van der Waals surface area contributed by atoms with Crippen molar-refractivity contribution in [1.29, 1.82) is 0 Å². The van der Waals surface area contributed by atoms with Crippen LogP contribution in [0.25, 0.3) is 0 Å². The number of hydrogen-bond acceptors (Lipinski definition) is 5. The summed E-state index contributed by atoms with van der Waals surface area (Å²) in [6, 6.07) is 0. The van der Waals surface area contributed by atoms with Crippen LogP contribution in [-0.2, 0) is 0 Å². The fourth-order valence-corrected chi connectivity index (χ4v) is 2.17. The molecule has 0 unspecified atom stereocenters. The number of rotatable bonds is 4. The van der Waals surface area contributed by atoms with E-state index in [2.05, 4.69) is 15.3 Å². The molecule has 1 fully saturated rings. The molecule has 6 heteroatoms. The minimum Gasteiger partial charge on any atom is -0.476 e. The molecule has 0 spiro atoms. The highest BCUT2D eigenvalue weighted by Gasteiger charge is 2.28. The highest BCUT2D eigenvalue weighted by atomic mass is 16.4. The molecule has 0 aromatic carbocycles. The number of aromatic nitrogens is 2. The van der Waals surface area contributed by atoms with Gasteiger partial charge in [-0.15, -0.1) is 0 Å². The molecule has 2 rings (SSSR count). The van der Waals surface area contributed by atoms with E-state index in [1.165, 1.54) is 18.8 Å². The largest absolute Gasteiger partial charge is 0.476 e. The molecule has 1 aliphatic carbocycles. The predicted molar refractivity (Wildman–Crippen MR) is 65.5 cm³/mol. The van der Waals surface area contributed by atoms with Crippen LogP contribution < -0.4 is 5.32 Å². The second-order valence-corrected chi connectivity index (χ2v) is 4.73. The lowest BCUT2D eigenvalue weighted by Crippen LogP contribution is -2.38. The maximum atomic E-state index is 10.6. The molecule has 1 heterocycles. The number of nitrogens with zero attached hydrogens (tertiary/aromatic N) is 2. The quantitative estimate of drug-likeness (QED) is 0.746. The number of hydrogen-bond donors (Lipinski definition) is 3. The van der Waals surface area contributed by atoms with Crippen molar-refractivity contribution in [3.63, 3.8) is 0 Å². The van der Waals surface area contributed by atoms with E-state index >= 15 is 0 Å². The van der Waals surface area contributed by atoms with Gasteiger partial charge in [-0.3, -0.25) is 0 Å². The van der Waals surface area contributed by atoms with Crippen molar-refractivity contribution in [2.75, 3.05) is 11.9 Å². The third kappa shape index (κ3) is 3.16. The fourth-order valence-electron chi connectivity index (χ4n) is 2.17. The third-order valence-electron chi connectivity index (χ3n) is 3.25. The Labute approximate surface area is 105 Å². The van der Waals surface area contributed by atoms with Gasteiger partial charge in [0.2, 0.25) is 0 Å². The van der Waals surface area contributed by atoms with Crippen LogP contribution in [-0.4, -0.2) is 38.3 Å². The van der Waals surface area contributed by atoms with Crippen molar-refractivity contribution in [2.45, 2.75) is 37.7 Å². The summed E-state index contributed by atoms with van der Waals surface area (Å²) in [6.07, 6.45) is 7.42. The van der Waals surface area contributed by atoms with E-state index in [9.17, 15) is 9.90 Å². The molecule has 0 atom stereocenters. The van der Waals surface area contributed by atoms with Gasteiger partial charge in [0.25, 0.3) is 0 Å². The Kier molecular flexibility index (Phi) is 3.76. The van der Waals surface area contributed by atoms with E-state index in [1.54, 1.807) is 0 Å². The first-order valence-electron chi connectivity index (χ1n) is 6.11. The van der Waals surface area contributed by atoms with Crippen LogP contribution in [0.1, 0.15) is 42.6 Å². The van der Waals surface area contributed by atoms with Gasteiger partial charge in [0.1, 0.15) is 5.82 Å². The highest BCUT2D eigenvalue weighted by Crippen LogP contribution is 2.27. The minimum atomic E-state index is -1.10. The highest BCUT2D eigenvalue weighted by molar-refractivity contribution is 5.84. The Bertz CT molecular complexity index is 413. The zero-order valence-corrected chi connectivity index (χ0v) is 10.1. The van der Waals surface area contributed by atoms with Crippen molar-refractivity contribution >= 4 is 11.8 Å². The molecule has 98 valence electrons. The van der Waals surface area contributed by atoms with E-state index in [0.29, 0.717) is 12.4 Å². The second-order valence-electron chi connectivity index (χ2n) is 4.73. The molecule has 1 aliphatic rings. The van der Waals surface area contributed by atoms with Gasteiger partial charge in [-0.25, -0.2) is 14.8 Å². The summed E-state index contributed by atoms with van der Waals surface area (Å²) in [7, 11) is 0. The first-order chi connectivity index (χ1) is 8.59. The van der Waals surface area contributed by atoms with E-state index in [1.807, 2.05) is 0 Å². The molecular weight excluding hydrogens is 234 g/mol. The SMILES string of the molecule is O=C(O)c1cnc(NCC2(O)CCCCC2)cn1. The second kappa shape index (κ2) is 5.30. The first kappa shape index (κ1) is 12.8. The van der Waals surface area contributed by atoms with Gasteiger partial charge in [0.05, 0.1) is 18.0 Å². The number of anilines is 1. The standard InChI is InChI=1S/C12H17N3O3/c16-11(17)9-6-14-10(7-13-9)15-8-12(18)4-2-1-3-5-12/h6-7,18H,1-5,8H2,(H,14,15)(H,16,17). The summed E-state index contributed by atoms with van der Waals surface area (Å²) in [6.45, 7) is 0.425. The monoisotopic (exact) mass is 251 g/mol. The summed E-state index contributed by atoms with van der Waals surface area (Å²) < 4.78 is 0. The molecule has 0 radical (unpaired) electrons. The molecule has 0 amide bonds. The number of carboxylic acid groups (broad SMARTS) is 1. The summed E-state index contributed by atoms with van der Waals surface area (Å²) in [5.41, 5.74) is -0.761. The lowest BCUT2D eigenvalue weighted by Gasteiger charge is -2.32. The predicted octanol–water partition coefficient (Wildman–Crippen LogP) is 1.28. The molecule has 18 heavy (non-hydrogen) atoms. The summed E-state index contributed by atoms with van der Waals surface area (Å²) in [4.78, 5) is 18.3. The average molecular weight is 251 g/mol. The molecule has 0 bridgehead atoms. The van der Waals surface area contributed by atoms with Crippen molar-refractivity contribution < 1.29 is 15.0 Å². The number of carbonyl (C=O) groups is 1. The lowest BCUT2D eigenvalue weighted by molar-refractivity contribution is 0.0166. The van der Waals surface area contributed by atoms with Crippen LogP contribution >= 0.6 is 0 Å². The van der Waals surface area contributed by atoms with Crippen molar-refractivity contribution in [1.82, 2.24) is 9.97 Å². The van der Waals surface area contributed by atoms with Crippen LogP contribution in [0, 0.1) is 0 Å². The third-order valence-corrected chi connectivity index (χ3v) is 3.25. The van der Waals surface area contributed by atoms with Crippen molar-refractivity contribution in [3.05, 3.63) is 18.1 Å². The van der Waals surface area contributed by atoms with Crippen LogP contribution in [0.3, 0.4) is 0 Å². The molecule has 3 N–H and O–H groups in total. The minimum absolute atomic E-state index is 0.0862. The lowest BCUT2D eigenvalue weighted by atomic mass is 9.85. The fraction of sp³-hybridized carbons (Fsp3) is 0.583. The van der Waals surface area contributed by atoms with E-state index in [-0.39, 0.29) is 5.69 Å². The van der Waals surface area contributed by atoms with Crippen molar-refractivity contribution in [2.24, 2.45) is 0 Å². The topological polar surface area (TPSA) is 95.3 Å². The van der Waals surface area contributed by atoms with Gasteiger partial charge < -0.3 is 15.5 Å². The number of carboxylic acids is 1. The van der Waals surface area contributed by atoms with Gasteiger partial charge in [-0.05, 0) is 12.8 Å². The average Bonchev–Trinajstić information content (AvgIpc) is 2.38. The van der Waals surface area contributed by atoms with Gasteiger partial charge >= 0.3 is 5.97 Å². The van der Waals surface area contributed by atoms with Crippen LogP contribution in [0.4, 0.5) is 5.82 Å². The number of aliphatic hydroxyl groups is 1. The summed E-state index contributed by atoms with van der Waals surface area (Å²) >= 11 is 0. The van der Waals surface area contributed by atoms with Crippen LogP contribution in [0.5, 0.6) is 0 Å². The van der Waals surface area contributed by atoms with E-state index in [4.69, 9.17) is 5.11 Å². The Morgan fingerprint density at radius 3 is 2.56 bits per heavy atom. The van der Waals surface area contributed by atoms with Crippen LogP contribution in [0.15, 0.2) is 12.4 Å². The molecule has 1 aromatic heterocycles. The van der Waals surface area contributed by atoms with Crippen molar-refractivity contribution in [3.8, 4) is 0 Å². The van der Waals surface area contributed by atoms with Gasteiger partial charge in [0.15, 0.2) is 5.69 Å². The molecule has 0 aliphatic heterocycles. The zero-order chi connectivity index (χ0) is 13.0. The molecular formula is C12H17N3O3. The summed E-state index contributed by atoms with van der Waals surface area (Å²) in [5, 5.41) is 22.0. The Morgan fingerprint density at radius 2 is 2.00 bits per heavy atom. The Balaban J connectivity index is 1.91. The maximum absolute atomic E-state index is 10.6. The molecule has 6 nitrogen and oxygen atoms in total. The number of nitrogens with one attached hydrogen (secondary N) is 1. The molecule has 1 aromatic rings. The normalized spacial score (nSPS) is 18.3. The van der Waals surface area contributed by atoms with E-state index < -0.39 is 11.6 Å². The van der Waals surface area contributed by atoms with Gasteiger partial charge in [-0.1, -0.05) is 19.3 Å². The van der Waals surface area contributed by atoms with Gasteiger partial charge in [-0.2, -0.15) is 0 Å². The number of aromatic carboxylic acids is 1. The van der Waals surface area contributed by atoms with E-state index in [0.717, 1.165) is 25.7 Å². The molecule has 0 saturated heterocycles. The molecule has 1 saturated carbocycles. The smallest absolute Gasteiger partial charge is 0.356 e. The van der Waals surface area contributed by atoms with Gasteiger partial charge in [0, 0.05) is 6.54 Å². The maximum Gasteiger partial charge on any atom is 0.356 e. The Morgan fingerprint density at radius 1 is 1.28 bits per heavy atom. The Hall–Kier alpha value is -1.69.